The topological polar surface area (TPSA) is 95.0 Å². The summed E-state index contributed by atoms with van der Waals surface area (Å²) in [5.41, 5.74) is 1.10. The van der Waals surface area contributed by atoms with E-state index in [0.717, 1.165) is 24.0 Å². The standard InChI is InChI=1S/C34H36Cl2N2O5S/c1-34(20-31(39)40)19-29(24-6-5-7-26(36)18-24)32(23-12-14-25(35)15-13-23)38(33(34)41)30(22-10-11-22)21-37(27-8-3-2-4-9-27)44(42,43)28-16-17-28/h2-9,12-15,18,22,28-30,32H,10-11,16-17,19-21H2,1H3,(H,39,40)/t29-,30-,32-,34-/m1/s1. The molecule has 4 atom stereocenters. The van der Waals surface area contributed by atoms with Crippen molar-refractivity contribution in [2.45, 2.75) is 68.7 Å². The van der Waals surface area contributed by atoms with Crippen LogP contribution in [0.1, 0.15) is 68.5 Å². The van der Waals surface area contributed by atoms with Crippen molar-refractivity contribution >= 4 is 50.8 Å². The number of nitrogens with zero attached hydrogens (tertiary/aromatic N) is 2. The molecule has 0 unspecified atom stereocenters. The third kappa shape index (κ3) is 6.22. The lowest BCUT2D eigenvalue weighted by molar-refractivity contribution is -0.160. The third-order valence-corrected chi connectivity index (χ3v) is 12.1. The number of amides is 1. The Morgan fingerprint density at radius 3 is 2.23 bits per heavy atom. The maximum Gasteiger partial charge on any atom is 0.304 e. The van der Waals surface area contributed by atoms with Gasteiger partial charge in [0.1, 0.15) is 0 Å². The largest absolute Gasteiger partial charge is 0.481 e. The highest BCUT2D eigenvalue weighted by atomic mass is 35.5. The molecule has 0 bridgehead atoms. The number of aliphatic carboxylic acids is 1. The van der Waals surface area contributed by atoms with E-state index in [2.05, 4.69) is 0 Å². The van der Waals surface area contributed by atoms with E-state index in [-0.39, 0.29) is 30.7 Å². The molecule has 44 heavy (non-hydrogen) atoms. The Bertz CT molecular complexity index is 1640. The Balaban J connectivity index is 1.52. The number of piperidine rings is 1. The van der Waals surface area contributed by atoms with Crippen LogP contribution in [0.4, 0.5) is 5.69 Å². The van der Waals surface area contributed by atoms with Crippen molar-refractivity contribution in [2.75, 3.05) is 10.8 Å². The number of carboxylic acids is 1. The van der Waals surface area contributed by atoms with Gasteiger partial charge in [0, 0.05) is 16.0 Å². The summed E-state index contributed by atoms with van der Waals surface area (Å²) in [6, 6.07) is 23.0. The molecule has 2 aliphatic carbocycles. The SMILES string of the molecule is C[C@]1(CC(=O)O)C[C@H](c2cccc(Cl)c2)[C@@H](c2ccc(Cl)cc2)N([C@H](CN(c2ccccc2)S(=O)(=O)C2CC2)C2CC2)C1=O. The molecule has 0 radical (unpaired) electrons. The van der Waals surface area contributed by atoms with Crippen LogP contribution in [0.5, 0.6) is 0 Å². The molecule has 3 aromatic carbocycles. The number of likely N-dealkylation sites (tertiary alicyclic amines) is 1. The maximum absolute atomic E-state index is 14.8. The lowest BCUT2D eigenvalue weighted by atomic mass is 9.67. The molecular weight excluding hydrogens is 619 g/mol. The first-order valence-electron chi connectivity index (χ1n) is 15.1. The molecule has 232 valence electrons. The molecule has 3 aromatic rings. The van der Waals surface area contributed by atoms with Crippen molar-refractivity contribution in [3.8, 4) is 0 Å². The summed E-state index contributed by atoms with van der Waals surface area (Å²) in [6.45, 7) is 1.82. The second-order valence-corrected chi connectivity index (χ2v) is 15.7. The molecule has 1 aliphatic heterocycles. The fourth-order valence-corrected chi connectivity index (χ4v) is 9.05. The van der Waals surface area contributed by atoms with Gasteiger partial charge in [-0.05, 0) is 85.5 Å². The van der Waals surface area contributed by atoms with Crippen molar-refractivity contribution in [1.82, 2.24) is 4.90 Å². The lowest BCUT2D eigenvalue weighted by Crippen LogP contribution is -2.59. The van der Waals surface area contributed by atoms with Crippen LogP contribution in [0.25, 0.3) is 0 Å². The van der Waals surface area contributed by atoms with Gasteiger partial charge >= 0.3 is 5.97 Å². The Morgan fingerprint density at radius 1 is 0.955 bits per heavy atom. The van der Waals surface area contributed by atoms with Crippen molar-refractivity contribution in [3.63, 3.8) is 0 Å². The highest BCUT2D eigenvalue weighted by Gasteiger charge is 2.55. The van der Waals surface area contributed by atoms with Crippen LogP contribution in [0, 0.1) is 11.3 Å². The van der Waals surface area contributed by atoms with Gasteiger partial charge in [0.2, 0.25) is 15.9 Å². The Hall–Kier alpha value is -3.07. The fourth-order valence-electron chi connectivity index (χ4n) is 6.86. The third-order valence-electron chi connectivity index (χ3n) is 9.31. The van der Waals surface area contributed by atoms with Gasteiger partial charge in [0.05, 0.1) is 41.4 Å². The highest BCUT2D eigenvalue weighted by molar-refractivity contribution is 7.93. The van der Waals surface area contributed by atoms with Crippen LogP contribution in [-0.2, 0) is 19.6 Å². The average Bonchev–Trinajstić information content (AvgIpc) is 3.89. The smallest absolute Gasteiger partial charge is 0.304 e. The molecule has 3 aliphatic rings. The molecule has 1 N–H and O–H groups in total. The number of carbonyl (C=O) groups is 2. The molecule has 2 saturated carbocycles. The Kier molecular flexibility index (Phi) is 8.46. The van der Waals surface area contributed by atoms with Crippen LogP contribution in [-0.4, -0.2) is 48.1 Å². The first-order chi connectivity index (χ1) is 21.0. The number of benzene rings is 3. The summed E-state index contributed by atoms with van der Waals surface area (Å²) in [6.07, 6.45) is 2.89. The van der Waals surface area contributed by atoms with Crippen molar-refractivity contribution in [2.24, 2.45) is 11.3 Å². The van der Waals surface area contributed by atoms with Gasteiger partial charge in [-0.3, -0.25) is 13.9 Å². The van der Waals surface area contributed by atoms with Gasteiger partial charge in [0.15, 0.2) is 0 Å². The number of halogens is 2. The fraction of sp³-hybridized carbons (Fsp3) is 0.412. The van der Waals surface area contributed by atoms with Gasteiger partial charge in [-0.25, -0.2) is 8.42 Å². The predicted molar refractivity (Wildman–Crippen MR) is 172 cm³/mol. The lowest BCUT2D eigenvalue weighted by Gasteiger charge is -2.52. The number of para-hydroxylation sites is 1. The Morgan fingerprint density at radius 2 is 1.64 bits per heavy atom. The predicted octanol–water partition coefficient (Wildman–Crippen LogP) is 7.31. The molecule has 1 saturated heterocycles. The molecule has 0 aromatic heterocycles. The van der Waals surface area contributed by atoms with E-state index in [4.69, 9.17) is 23.2 Å². The minimum Gasteiger partial charge on any atom is -0.481 e. The Labute approximate surface area is 268 Å². The summed E-state index contributed by atoms with van der Waals surface area (Å²) in [7, 11) is -3.68. The molecule has 6 rings (SSSR count). The van der Waals surface area contributed by atoms with Crippen LogP contribution in [0.3, 0.4) is 0 Å². The van der Waals surface area contributed by atoms with E-state index in [9.17, 15) is 23.1 Å². The number of sulfonamides is 1. The van der Waals surface area contributed by atoms with Crippen molar-refractivity contribution in [3.05, 3.63) is 100 Å². The van der Waals surface area contributed by atoms with Gasteiger partial charge in [-0.1, -0.05) is 72.6 Å². The number of hydrogen-bond donors (Lipinski definition) is 1. The van der Waals surface area contributed by atoms with Gasteiger partial charge in [-0.2, -0.15) is 0 Å². The highest BCUT2D eigenvalue weighted by Crippen LogP contribution is 2.54. The molecule has 1 heterocycles. The van der Waals surface area contributed by atoms with E-state index >= 15 is 0 Å². The van der Waals surface area contributed by atoms with E-state index in [1.54, 1.807) is 37.3 Å². The van der Waals surface area contributed by atoms with E-state index in [0.29, 0.717) is 35.0 Å². The monoisotopic (exact) mass is 654 g/mol. The van der Waals surface area contributed by atoms with Gasteiger partial charge in [0.25, 0.3) is 0 Å². The summed E-state index contributed by atoms with van der Waals surface area (Å²) in [5, 5.41) is 10.6. The second-order valence-electron chi connectivity index (χ2n) is 12.7. The minimum atomic E-state index is -3.68. The van der Waals surface area contributed by atoms with E-state index in [1.807, 2.05) is 53.4 Å². The van der Waals surface area contributed by atoms with Gasteiger partial charge < -0.3 is 10.0 Å². The summed E-state index contributed by atoms with van der Waals surface area (Å²) >= 11 is 12.8. The molecular formula is C34H36Cl2N2O5S. The number of carbonyl (C=O) groups excluding carboxylic acids is 1. The zero-order valence-corrected chi connectivity index (χ0v) is 26.8. The van der Waals surface area contributed by atoms with Crippen molar-refractivity contribution < 1.29 is 23.1 Å². The average molecular weight is 656 g/mol. The second kappa shape index (κ2) is 12.0. The molecule has 7 nitrogen and oxygen atoms in total. The minimum absolute atomic E-state index is 0.0709. The van der Waals surface area contributed by atoms with Crippen LogP contribution >= 0.6 is 23.2 Å². The first-order valence-corrected chi connectivity index (χ1v) is 17.4. The zero-order valence-electron chi connectivity index (χ0n) is 24.5. The van der Waals surface area contributed by atoms with E-state index < -0.39 is 38.7 Å². The van der Waals surface area contributed by atoms with Crippen LogP contribution in [0.15, 0.2) is 78.9 Å². The number of rotatable bonds is 11. The summed E-state index contributed by atoms with van der Waals surface area (Å²) in [4.78, 5) is 28.9. The molecule has 1 amide bonds. The summed E-state index contributed by atoms with van der Waals surface area (Å²) < 4.78 is 29.4. The number of anilines is 1. The molecule has 0 spiro atoms. The zero-order chi connectivity index (χ0) is 31.2. The number of hydrogen-bond acceptors (Lipinski definition) is 4. The van der Waals surface area contributed by atoms with Crippen LogP contribution in [0.2, 0.25) is 10.0 Å². The number of carboxylic acid groups (broad SMARTS) is 1. The molecule has 3 fully saturated rings. The first kappa shape index (κ1) is 30.9. The van der Waals surface area contributed by atoms with Crippen molar-refractivity contribution in [1.29, 1.82) is 0 Å². The molecule has 10 heteroatoms. The maximum atomic E-state index is 14.8. The van der Waals surface area contributed by atoms with Crippen LogP contribution < -0.4 is 4.31 Å². The quantitative estimate of drug-likeness (QED) is 0.234. The normalized spacial score (nSPS) is 24.6. The summed E-state index contributed by atoms with van der Waals surface area (Å²) in [5.74, 6) is -1.56. The van der Waals surface area contributed by atoms with Gasteiger partial charge in [-0.15, -0.1) is 0 Å². The van der Waals surface area contributed by atoms with E-state index in [1.165, 1.54) is 4.31 Å².